The van der Waals surface area contributed by atoms with E-state index in [2.05, 4.69) is 36.3 Å². The Morgan fingerprint density at radius 1 is 1.19 bits per heavy atom. The van der Waals surface area contributed by atoms with E-state index < -0.39 is 8.24 Å². The molecule has 1 aromatic rings. The van der Waals surface area contributed by atoms with Crippen LogP contribution < -0.4 is 0 Å². The van der Waals surface area contributed by atoms with Crippen molar-refractivity contribution in [3.8, 4) is 0 Å². The second-order valence-corrected chi connectivity index (χ2v) is 9.96. The lowest BCUT2D eigenvalue weighted by molar-refractivity contribution is -0.124. The molecule has 0 spiro atoms. The van der Waals surface area contributed by atoms with E-state index in [0.717, 1.165) is 13.0 Å². The predicted octanol–water partition coefficient (Wildman–Crippen LogP) is 2.91. The minimum atomic E-state index is -1.52. The number of amides is 1. The lowest BCUT2D eigenvalue weighted by Crippen LogP contribution is -2.49. The first-order valence-electron chi connectivity index (χ1n) is 5.73. The highest BCUT2D eigenvalue weighted by molar-refractivity contribution is 6.75. The highest BCUT2D eigenvalue weighted by Crippen LogP contribution is 2.11. The molecular weight excluding hydrogens is 214 g/mol. The molecule has 0 atom stereocenters. The van der Waals surface area contributed by atoms with Crippen molar-refractivity contribution in [1.29, 1.82) is 0 Å². The molecule has 0 saturated carbocycles. The summed E-state index contributed by atoms with van der Waals surface area (Å²) in [5, 5.41) is 0. The third-order valence-corrected chi connectivity index (χ3v) is 4.81. The molecule has 2 nitrogen and oxygen atoms in total. The minimum Gasteiger partial charge on any atom is -0.370 e. The van der Waals surface area contributed by atoms with E-state index in [1.807, 2.05) is 18.2 Å². The molecule has 0 N–H and O–H groups in total. The van der Waals surface area contributed by atoms with Crippen molar-refractivity contribution < 1.29 is 4.79 Å². The number of carbonyl (C=O) groups is 1. The summed E-state index contributed by atoms with van der Waals surface area (Å²) < 4.78 is 2.06. The maximum Gasteiger partial charge on any atom is 0.211 e. The Hall–Kier alpha value is -1.09. The number of benzene rings is 1. The van der Waals surface area contributed by atoms with Crippen molar-refractivity contribution in [1.82, 2.24) is 4.57 Å². The van der Waals surface area contributed by atoms with Gasteiger partial charge in [-0.05, 0) is 12.0 Å². The van der Waals surface area contributed by atoms with Crippen molar-refractivity contribution in [3.05, 3.63) is 35.9 Å². The van der Waals surface area contributed by atoms with Crippen molar-refractivity contribution in [2.24, 2.45) is 0 Å². The molecule has 3 heteroatoms. The van der Waals surface area contributed by atoms with Gasteiger partial charge in [0, 0.05) is 13.5 Å². The fourth-order valence-electron chi connectivity index (χ4n) is 1.85. The monoisotopic (exact) mass is 235 g/mol. The van der Waals surface area contributed by atoms with Crippen LogP contribution in [0.5, 0.6) is 0 Å². The van der Waals surface area contributed by atoms with Crippen LogP contribution in [-0.2, 0) is 11.2 Å². The van der Waals surface area contributed by atoms with Crippen molar-refractivity contribution in [2.75, 3.05) is 6.54 Å². The van der Waals surface area contributed by atoms with E-state index in [1.165, 1.54) is 5.56 Å². The van der Waals surface area contributed by atoms with E-state index >= 15 is 0 Å². The second kappa shape index (κ2) is 5.30. The van der Waals surface area contributed by atoms with Crippen LogP contribution in [0.2, 0.25) is 19.6 Å². The number of rotatable bonds is 4. The van der Waals surface area contributed by atoms with Gasteiger partial charge in [-0.2, -0.15) is 0 Å². The molecule has 0 aliphatic heterocycles. The summed E-state index contributed by atoms with van der Waals surface area (Å²) in [7, 11) is -1.52. The summed E-state index contributed by atoms with van der Waals surface area (Å²) >= 11 is 0. The third-order valence-electron chi connectivity index (χ3n) is 2.66. The molecule has 0 radical (unpaired) electrons. The third kappa shape index (κ3) is 3.81. The van der Waals surface area contributed by atoms with Crippen molar-refractivity contribution in [2.45, 2.75) is 33.0 Å². The molecular formula is C13H21NOSi. The number of hydrogen-bond donors (Lipinski definition) is 0. The van der Waals surface area contributed by atoms with E-state index in [0.29, 0.717) is 0 Å². The van der Waals surface area contributed by atoms with Crippen LogP contribution in [0.25, 0.3) is 0 Å². The molecule has 1 amide bonds. The van der Waals surface area contributed by atoms with E-state index in [9.17, 15) is 4.79 Å². The highest BCUT2D eigenvalue weighted by atomic mass is 28.3. The van der Waals surface area contributed by atoms with Gasteiger partial charge in [0.1, 0.15) is 0 Å². The van der Waals surface area contributed by atoms with Crippen molar-refractivity contribution in [3.63, 3.8) is 0 Å². The molecule has 0 saturated heterocycles. The molecule has 0 aromatic heterocycles. The normalized spacial score (nSPS) is 11.2. The summed E-state index contributed by atoms with van der Waals surface area (Å²) in [4.78, 5) is 11.6. The zero-order chi connectivity index (χ0) is 12.2. The quantitative estimate of drug-likeness (QED) is 0.735. The SMILES string of the molecule is CC(=O)N(CCc1ccccc1)[Si](C)(C)C. The molecule has 16 heavy (non-hydrogen) atoms. The summed E-state index contributed by atoms with van der Waals surface area (Å²) in [5.41, 5.74) is 1.30. The van der Waals surface area contributed by atoms with Crippen LogP contribution in [0, 0.1) is 0 Å². The molecule has 1 aromatic carbocycles. The van der Waals surface area contributed by atoms with E-state index in [-0.39, 0.29) is 5.91 Å². The van der Waals surface area contributed by atoms with Gasteiger partial charge in [0.2, 0.25) is 5.91 Å². The Morgan fingerprint density at radius 2 is 1.75 bits per heavy atom. The molecule has 0 bridgehead atoms. The minimum absolute atomic E-state index is 0.204. The first kappa shape index (κ1) is 13.0. The van der Waals surface area contributed by atoms with Gasteiger partial charge in [0.15, 0.2) is 8.24 Å². The largest absolute Gasteiger partial charge is 0.370 e. The smallest absolute Gasteiger partial charge is 0.211 e. The average molecular weight is 235 g/mol. The van der Waals surface area contributed by atoms with Gasteiger partial charge in [0.25, 0.3) is 0 Å². The van der Waals surface area contributed by atoms with Gasteiger partial charge in [-0.15, -0.1) is 0 Å². The Bertz CT molecular complexity index is 343. The Kier molecular flexibility index (Phi) is 4.30. The van der Waals surface area contributed by atoms with Gasteiger partial charge in [-0.25, -0.2) is 0 Å². The predicted molar refractivity (Wildman–Crippen MR) is 70.9 cm³/mol. The number of nitrogens with zero attached hydrogens (tertiary/aromatic N) is 1. The Morgan fingerprint density at radius 3 is 2.19 bits per heavy atom. The lowest BCUT2D eigenvalue weighted by Gasteiger charge is -2.33. The summed E-state index contributed by atoms with van der Waals surface area (Å²) in [5.74, 6) is 0.204. The average Bonchev–Trinajstić information content (AvgIpc) is 2.17. The Balaban J connectivity index is 2.62. The fourth-order valence-corrected chi connectivity index (χ4v) is 3.58. The molecule has 0 aliphatic carbocycles. The molecule has 0 fully saturated rings. The molecule has 0 aliphatic rings. The van der Waals surface area contributed by atoms with Crippen LogP contribution in [-0.4, -0.2) is 25.3 Å². The zero-order valence-corrected chi connectivity index (χ0v) is 11.7. The van der Waals surface area contributed by atoms with E-state index in [4.69, 9.17) is 0 Å². The standard InChI is InChI=1S/C13H21NOSi/c1-12(15)14(16(2,3)4)11-10-13-8-6-5-7-9-13/h5-9H,10-11H2,1-4H3. The second-order valence-electron chi connectivity index (χ2n) is 5.08. The first-order valence-corrected chi connectivity index (χ1v) is 9.18. The van der Waals surface area contributed by atoms with Gasteiger partial charge in [0.05, 0.1) is 0 Å². The van der Waals surface area contributed by atoms with Gasteiger partial charge in [-0.1, -0.05) is 50.0 Å². The van der Waals surface area contributed by atoms with Crippen LogP contribution in [0.4, 0.5) is 0 Å². The van der Waals surface area contributed by atoms with Gasteiger partial charge < -0.3 is 4.57 Å². The maximum atomic E-state index is 11.6. The fraction of sp³-hybridized carbons (Fsp3) is 0.462. The van der Waals surface area contributed by atoms with Crippen LogP contribution in [0.3, 0.4) is 0 Å². The van der Waals surface area contributed by atoms with Crippen LogP contribution in [0.15, 0.2) is 30.3 Å². The summed E-state index contributed by atoms with van der Waals surface area (Å²) in [6.07, 6.45) is 0.949. The number of hydrogen-bond acceptors (Lipinski definition) is 1. The number of carbonyl (C=O) groups excluding carboxylic acids is 1. The zero-order valence-electron chi connectivity index (χ0n) is 10.7. The molecule has 0 heterocycles. The molecule has 88 valence electrons. The summed E-state index contributed by atoms with van der Waals surface area (Å²) in [6.45, 7) is 9.14. The van der Waals surface area contributed by atoms with Gasteiger partial charge >= 0.3 is 0 Å². The highest BCUT2D eigenvalue weighted by Gasteiger charge is 2.25. The molecule has 1 rings (SSSR count). The topological polar surface area (TPSA) is 20.3 Å². The van der Waals surface area contributed by atoms with E-state index in [1.54, 1.807) is 6.92 Å². The van der Waals surface area contributed by atoms with Crippen molar-refractivity contribution >= 4 is 14.1 Å². The lowest BCUT2D eigenvalue weighted by atomic mass is 10.1. The summed E-state index contributed by atoms with van der Waals surface area (Å²) in [6, 6.07) is 10.3. The maximum absolute atomic E-state index is 11.6. The molecule has 0 unspecified atom stereocenters. The first-order chi connectivity index (χ1) is 7.41. The van der Waals surface area contributed by atoms with Gasteiger partial charge in [-0.3, -0.25) is 4.79 Å². The Labute approximate surface area is 99.4 Å². The van der Waals surface area contributed by atoms with Crippen LogP contribution >= 0.6 is 0 Å². The van der Waals surface area contributed by atoms with Crippen LogP contribution in [0.1, 0.15) is 12.5 Å².